The maximum Gasteiger partial charge on any atom is 0.145 e. The monoisotopic (exact) mass is 241 g/mol. The van der Waals surface area contributed by atoms with E-state index in [1.54, 1.807) is 0 Å². The minimum atomic E-state index is -0.229. The molecule has 0 amide bonds. The summed E-state index contributed by atoms with van der Waals surface area (Å²) in [5, 5.41) is 3.61. The molecule has 0 aliphatic carbocycles. The lowest BCUT2D eigenvalue weighted by atomic mass is 9.79. The van der Waals surface area contributed by atoms with Gasteiger partial charge in [-0.2, -0.15) is 0 Å². The van der Waals surface area contributed by atoms with Gasteiger partial charge in [0.25, 0.3) is 0 Å². The smallest absolute Gasteiger partial charge is 0.145 e. The molecule has 17 heavy (non-hydrogen) atoms. The molecule has 1 unspecified atom stereocenters. The van der Waals surface area contributed by atoms with Crippen LogP contribution in [-0.4, -0.2) is 44.3 Å². The fourth-order valence-corrected chi connectivity index (χ4v) is 3.18. The molecule has 4 heteroatoms. The number of hydrogen-bond acceptors (Lipinski definition) is 4. The van der Waals surface area contributed by atoms with Crippen molar-refractivity contribution in [2.75, 3.05) is 33.0 Å². The summed E-state index contributed by atoms with van der Waals surface area (Å²) < 4.78 is 17.4. The number of rotatable bonds is 0. The van der Waals surface area contributed by atoms with Gasteiger partial charge in [-0.25, -0.2) is 0 Å². The molecule has 3 aliphatic heterocycles. The zero-order chi connectivity index (χ0) is 12.0. The Hall–Kier alpha value is -0.160. The van der Waals surface area contributed by atoms with E-state index < -0.39 is 0 Å². The molecule has 0 aromatic carbocycles. The third kappa shape index (κ3) is 2.24. The Morgan fingerprint density at radius 2 is 1.76 bits per heavy atom. The second kappa shape index (κ2) is 3.92. The van der Waals surface area contributed by atoms with Crippen LogP contribution in [0.4, 0.5) is 0 Å². The largest absolute Gasteiger partial charge is 0.381 e. The van der Waals surface area contributed by atoms with Crippen molar-refractivity contribution < 1.29 is 14.2 Å². The Labute approximate surface area is 103 Å². The molecule has 2 spiro atoms. The molecule has 0 aromatic rings. The molecule has 0 aromatic heterocycles. The first-order chi connectivity index (χ1) is 8.04. The number of nitrogens with one attached hydrogen (secondary N) is 1. The maximum atomic E-state index is 6.16. The van der Waals surface area contributed by atoms with Gasteiger partial charge in [0.1, 0.15) is 5.72 Å². The van der Waals surface area contributed by atoms with Crippen LogP contribution in [-0.2, 0) is 14.2 Å². The molecular weight excluding hydrogens is 218 g/mol. The average Bonchev–Trinajstić information content (AvgIpc) is 2.62. The third-order valence-corrected chi connectivity index (χ3v) is 4.40. The first-order valence-electron chi connectivity index (χ1n) is 6.64. The Kier molecular flexibility index (Phi) is 2.74. The van der Waals surface area contributed by atoms with E-state index >= 15 is 0 Å². The van der Waals surface area contributed by atoms with Gasteiger partial charge in [-0.05, 0) is 26.7 Å². The van der Waals surface area contributed by atoms with Gasteiger partial charge >= 0.3 is 0 Å². The minimum absolute atomic E-state index is 0.0623. The van der Waals surface area contributed by atoms with Crippen LogP contribution in [0.3, 0.4) is 0 Å². The van der Waals surface area contributed by atoms with Crippen LogP contribution < -0.4 is 5.32 Å². The van der Waals surface area contributed by atoms with Gasteiger partial charge < -0.3 is 14.2 Å². The van der Waals surface area contributed by atoms with E-state index in [1.165, 1.54) is 0 Å². The average molecular weight is 241 g/mol. The topological polar surface area (TPSA) is 39.7 Å². The molecule has 1 atom stereocenters. The molecule has 3 rings (SSSR count). The molecule has 3 saturated heterocycles. The van der Waals surface area contributed by atoms with E-state index in [1.807, 2.05) is 0 Å². The highest BCUT2D eigenvalue weighted by Gasteiger charge is 2.50. The van der Waals surface area contributed by atoms with Gasteiger partial charge in [-0.3, -0.25) is 5.32 Å². The first-order valence-corrected chi connectivity index (χ1v) is 6.64. The summed E-state index contributed by atoms with van der Waals surface area (Å²) >= 11 is 0. The standard InChI is InChI=1S/C13H23NO3/c1-11(2)7-13(10-16-11)14-8-12(9-17-13)3-5-15-6-4-12/h14H,3-10H2,1-2H3. The number of ether oxygens (including phenoxy) is 3. The summed E-state index contributed by atoms with van der Waals surface area (Å²) in [6.45, 7) is 8.57. The van der Waals surface area contributed by atoms with Crippen molar-refractivity contribution in [3.8, 4) is 0 Å². The van der Waals surface area contributed by atoms with Crippen molar-refractivity contribution in [3.63, 3.8) is 0 Å². The van der Waals surface area contributed by atoms with Crippen molar-refractivity contribution in [3.05, 3.63) is 0 Å². The van der Waals surface area contributed by atoms with Crippen LogP contribution in [0.5, 0.6) is 0 Å². The number of hydrogen-bond donors (Lipinski definition) is 1. The van der Waals surface area contributed by atoms with Gasteiger partial charge in [0.2, 0.25) is 0 Å². The van der Waals surface area contributed by atoms with E-state index in [-0.39, 0.29) is 11.3 Å². The predicted molar refractivity (Wildman–Crippen MR) is 63.8 cm³/mol. The normalized spacial score (nSPS) is 39.9. The van der Waals surface area contributed by atoms with Crippen molar-refractivity contribution in [1.29, 1.82) is 0 Å². The van der Waals surface area contributed by atoms with Crippen LogP contribution in [0.1, 0.15) is 33.1 Å². The Bertz CT molecular complexity index is 287. The van der Waals surface area contributed by atoms with Crippen molar-refractivity contribution in [2.45, 2.75) is 44.4 Å². The maximum absolute atomic E-state index is 6.16. The summed E-state index contributed by atoms with van der Waals surface area (Å²) in [4.78, 5) is 0. The second-order valence-corrected chi connectivity index (χ2v) is 6.47. The minimum Gasteiger partial charge on any atom is -0.381 e. The van der Waals surface area contributed by atoms with Crippen LogP contribution in [0.2, 0.25) is 0 Å². The van der Waals surface area contributed by atoms with Gasteiger partial charge in [-0.15, -0.1) is 0 Å². The van der Waals surface area contributed by atoms with Crippen molar-refractivity contribution in [1.82, 2.24) is 5.32 Å². The van der Waals surface area contributed by atoms with Crippen molar-refractivity contribution >= 4 is 0 Å². The van der Waals surface area contributed by atoms with Gasteiger partial charge in [-0.1, -0.05) is 0 Å². The van der Waals surface area contributed by atoms with Crippen LogP contribution >= 0.6 is 0 Å². The SMILES string of the molecule is CC1(C)CC2(CO1)NCC1(CCOCC1)CO2. The van der Waals surface area contributed by atoms with E-state index in [4.69, 9.17) is 14.2 Å². The van der Waals surface area contributed by atoms with E-state index in [2.05, 4.69) is 19.2 Å². The Morgan fingerprint density at radius 1 is 1.00 bits per heavy atom. The highest BCUT2D eigenvalue weighted by molar-refractivity contribution is 4.99. The zero-order valence-electron chi connectivity index (χ0n) is 10.9. The molecule has 4 nitrogen and oxygen atoms in total. The Morgan fingerprint density at radius 3 is 2.29 bits per heavy atom. The Balaban J connectivity index is 1.64. The summed E-state index contributed by atoms with van der Waals surface area (Å²) in [5.41, 5.74) is 0.0104. The fraction of sp³-hybridized carbons (Fsp3) is 1.00. The lowest BCUT2D eigenvalue weighted by Gasteiger charge is -2.47. The fourth-order valence-electron chi connectivity index (χ4n) is 3.18. The predicted octanol–water partition coefficient (Wildman–Crippen LogP) is 1.30. The zero-order valence-corrected chi connectivity index (χ0v) is 10.9. The third-order valence-electron chi connectivity index (χ3n) is 4.40. The molecule has 0 bridgehead atoms. The molecule has 98 valence electrons. The van der Waals surface area contributed by atoms with E-state index in [0.717, 1.165) is 45.6 Å². The van der Waals surface area contributed by atoms with Gasteiger partial charge in [0.05, 0.1) is 18.8 Å². The lowest BCUT2D eigenvalue weighted by Crippen LogP contribution is -2.60. The molecule has 0 radical (unpaired) electrons. The molecular formula is C13H23NO3. The molecule has 3 heterocycles. The second-order valence-electron chi connectivity index (χ2n) is 6.47. The lowest BCUT2D eigenvalue weighted by molar-refractivity contribution is -0.164. The first kappa shape index (κ1) is 11.9. The van der Waals surface area contributed by atoms with Crippen LogP contribution in [0.15, 0.2) is 0 Å². The van der Waals surface area contributed by atoms with Crippen molar-refractivity contribution in [2.24, 2.45) is 5.41 Å². The van der Waals surface area contributed by atoms with Crippen LogP contribution in [0.25, 0.3) is 0 Å². The quantitative estimate of drug-likeness (QED) is 0.694. The summed E-state index contributed by atoms with van der Waals surface area (Å²) in [6.07, 6.45) is 3.16. The van der Waals surface area contributed by atoms with E-state index in [0.29, 0.717) is 12.0 Å². The molecule has 3 fully saturated rings. The van der Waals surface area contributed by atoms with E-state index in [9.17, 15) is 0 Å². The van der Waals surface area contributed by atoms with Gasteiger partial charge in [0.15, 0.2) is 0 Å². The highest BCUT2D eigenvalue weighted by atomic mass is 16.6. The summed E-state index contributed by atoms with van der Waals surface area (Å²) in [5.74, 6) is 0. The molecule has 3 aliphatic rings. The molecule has 1 N–H and O–H groups in total. The molecule has 0 saturated carbocycles. The summed E-state index contributed by atoms with van der Waals surface area (Å²) in [6, 6.07) is 0. The van der Waals surface area contributed by atoms with Gasteiger partial charge in [0, 0.05) is 31.6 Å². The summed E-state index contributed by atoms with van der Waals surface area (Å²) in [7, 11) is 0. The van der Waals surface area contributed by atoms with Crippen LogP contribution in [0, 0.1) is 5.41 Å². The highest BCUT2D eigenvalue weighted by Crippen LogP contribution is 2.41.